The van der Waals surface area contributed by atoms with E-state index in [1.165, 1.54) is 23.9 Å². The standard InChI is InChI=1S/C16H14ClF2N3O3S/c1-8-3-4-9-12(26(24,25)21-8)7-22(2)15(9)16(23)20-11-6-5-10(18)13(17)14(11)19/h3-8,21H,1-2H3,(H,20,23). The van der Waals surface area contributed by atoms with Crippen molar-refractivity contribution in [1.29, 1.82) is 0 Å². The minimum Gasteiger partial charge on any atom is -0.345 e. The van der Waals surface area contributed by atoms with Crippen LogP contribution < -0.4 is 10.0 Å². The maximum Gasteiger partial charge on any atom is 0.273 e. The van der Waals surface area contributed by atoms with Crippen LogP contribution in [0, 0.1) is 11.6 Å². The molecule has 138 valence electrons. The van der Waals surface area contributed by atoms with Gasteiger partial charge in [0.05, 0.1) is 5.69 Å². The molecule has 2 heterocycles. The first-order valence-corrected chi connectivity index (χ1v) is 9.32. The number of rotatable bonds is 2. The van der Waals surface area contributed by atoms with E-state index in [9.17, 15) is 22.0 Å². The highest BCUT2D eigenvalue weighted by Crippen LogP contribution is 2.29. The van der Waals surface area contributed by atoms with Gasteiger partial charge in [0.15, 0.2) is 5.82 Å². The number of benzene rings is 1. The molecule has 0 saturated heterocycles. The van der Waals surface area contributed by atoms with Crippen LogP contribution in [0.3, 0.4) is 0 Å². The molecule has 1 atom stereocenters. The van der Waals surface area contributed by atoms with Crippen molar-refractivity contribution >= 4 is 39.3 Å². The predicted octanol–water partition coefficient (Wildman–Crippen LogP) is 2.90. The number of amides is 1. The summed E-state index contributed by atoms with van der Waals surface area (Å²) >= 11 is 5.51. The Bertz CT molecular complexity index is 1050. The van der Waals surface area contributed by atoms with Gasteiger partial charge in [-0.25, -0.2) is 21.9 Å². The van der Waals surface area contributed by atoms with Crippen LogP contribution in [0.4, 0.5) is 14.5 Å². The molecule has 1 aromatic heterocycles. The molecule has 0 spiro atoms. The summed E-state index contributed by atoms with van der Waals surface area (Å²) in [6.07, 6.45) is 4.40. The first-order valence-electron chi connectivity index (χ1n) is 7.46. The fraction of sp³-hybridized carbons (Fsp3) is 0.188. The van der Waals surface area contributed by atoms with E-state index in [-0.39, 0.29) is 21.8 Å². The molecule has 1 unspecified atom stereocenters. The van der Waals surface area contributed by atoms with Gasteiger partial charge in [0.2, 0.25) is 10.0 Å². The topological polar surface area (TPSA) is 80.2 Å². The lowest BCUT2D eigenvalue weighted by molar-refractivity contribution is 0.101. The molecule has 0 saturated carbocycles. The summed E-state index contributed by atoms with van der Waals surface area (Å²) in [5.74, 6) is -2.83. The van der Waals surface area contributed by atoms with Crippen LogP contribution in [0.25, 0.3) is 6.08 Å². The van der Waals surface area contributed by atoms with E-state index in [0.717, 1.165) is 12.1 Å². The molecule has 0 aliphatic carbocycles. The van der Waals surface area contributed by atoms with Crippen LogP contribution in [0.15, 0.2) is 29.3 Å². The Kier molecular flexibility index (Phi) is 4.63. The Morgan fingerprint density at radius 2 is 2.04 bits per heavy atom. The van der Waals surface area contributed by atoms with Crippen LogP contribution in [0.2, 0.25) is 5.02 Å². The van der Waals surface area contributed by atoms with Gasteiger partial charge in [-0.05, 0) is 19.1 Å². The number of nitrogens with zero attached hydrogens (tertiary/aromatic N) is 1. The van der Waals surface area contributed by atoms with Crippen molar-refractivity contribution in [3.05, 3.63) is 52.3 Å². The summed E-state index contributed by atoms with van der Waals surface area (Å²) in [6, 6.07) is 1.50. The van der Waals surface area contributed by atoms with E-state index < -0.39 is 38.6 Å². The Balaban J connectivity index is 2.06. The van der Waals surface area contributed by atoms with Gasteiger partial charge in [-0.1, -0.05) is 23.8 Å². The molecule has 0 radical (unpaired) electrons. The van der Waals surface area contributed by atoms with Crippen LogP contribution in [0.5, 0.6) is 0 Å². The highest BCUT2D eigenvalue weighted by atomic mass is 35.5. The van der Waals surface area contributed by atoms with E-state index in [1.54, 1.807) is 13.0 Å². The third-order valence-electron chi connectivity index (χ3n) is 3.86. The molecule has 3 rings (SSSR count). The molecule has 0 bridgehead atoms. The van der Waals surface area contributed by atoms with Crippen molar-refractivity contribution in [2.75, 3.05) is 5.32 Å². The normalized spacial score (nSPS) is 18.3. The second kappa shape index (κ2) is 6.49. The molecule has 1 aliphatic rings. The summed E-state index contributed by atoms with van der Waals surface area (Å²) in [7, 11) is -2.32. The monoisotopic (exact) mass is 401 g/mol. The molecular formula is C16H14ClF2N3O3S. The molecule has 6 nitrogen and oxygen atoms in total. The summed E-state index contributed by atoms with van der Waals surface area (Å²) in [5.41, 5.74) is -0.130. The molecule has 1 aliphatic heterocycles. The zero-order chi connectivity index (χ0) is 19.2. The highest BCUT2D eigenvalue weighted by molar-refractivity contribution is 7.89. The number of carbonyl (C=O) groups is 1. The van der Waals surface area contributed by atoms with E-state index >= 15 is 0 Å². The third-order valence-corrected chi connectivity index (χ3v) is 5.80. The molecule has 10 heteroatoms. The molecular weight excluding hydrogens is 388 g/mol. The summed E-state index contributed by atoms with van der Waals surface area (Å²) in [6.45, 7) is 1.65. The lowest BCUT2D eigenvalue weighted by atomic mass is 10.2. The lowest BCUT2D eigenvalue weighted by Gasteiger charge is -2.09. The molecule has 2 aromatic rings. The van der Waals surface area contributed by atoms with E-state index in [4.69, 9.17) is 11.6 Å². The van der Waals surface area contributed by atoms with Crippen molar-refractivity contribution in [3.63, 3.8) is 0 Å². The number of aryl methyl sites for hydroxylation is 1. The number of aromatic nitrogens is 1. The minimum atomic E-state index is -3.81. The van der Waals surface area contributed by atoms with E-state index in [2.05, 4.69) is 10.0 Å². The minimum absolute atomic E-state index is 0.00979. The van der Waals surface area contributed by atoms with Crippen molar-refractivity contribution < 1.29 is 22.0 Å². The Labute approximate surface area is 153 Å². The smallest absolute Gasteiger partial charge is 0.273 e. The molecule has 0 fully saturated rings. The number of sulfonamides is 1. The fourth-order valence-electron chi connectivity index (χ4n) is 2.67. The van der Waals surface area contributed by atoms with E-state index in [0.29, 0.717) is 0 Å². The van der Waals surface area contributed by atoms with Crippen LogP contribution >= 0.6 is 11.6 Å². The van der Waals surface area contributed by atoms with Gasteiger partial charge in [0.1, 0.15) is 21.4 Å². The van der Waals surface area contributed by atoms with Crippen molar-refractivity contribution in [2.45, 2.75) is 17.9 Å². The average molecular weight is 402 g/mol. The first-order chi connectivity index (χ1) is 12.1. The van der Waals surface area contributed by atoms with Crippen molar-refractivity contribution in [1.82, 2.24) is 9.29 Å². The summed E-state index contributed by atoms with van der Waals surface area (Å²) in [5, 5.41) is 1.55. The fourth-order valence-corrected chi connectivity index (χ4v) is 4.28. The van der Waals surface area contributed by atoms with Crippen molar-refractivity contribution in [3.8, 4) is 0 Å². The molecule has 2 N–H and O–H groups in total. The number of halogens is 3. The van der Waals surface area contributed by atoms with Gasteiger partial charge in [0, 0.05) is 24.8 Å². The number of nitrogens with one attached hydrogen (secondary N) is 2. The van der Waals surface area contributed by atoms with Gasteiger partial charge < -0.3 is 9.88 Å². The number of anilines is 1. The Morgan fingerprint density at radius 3 is 2.73 bits per heavy atom. The number of fused-ring (bicyclic) bond motifs is 1. The second-order valence-electron chi connectivity index (χ2n) is 5.81. The van der Waals surface area contributed by atoms with Gasteiger partial charge in [-0.2, -0.15) is 0 Å². The van der Waals surface area contributed by atoms with Crippen LogP contribution in [-0.2, 0) is 17.1 Å². The maximum atomic E-state index is 14.0. The quantitative estimate of drug-likeness (QED) is 0.759. The third kappa shape index (κ3) is 3.13. The highest BCUT2D eigenvalue weighted by Gasteiger charge is 2.29. The Morgan fingerprint density at radius 1 is 1.35 bits per heavy atom. The van der Waals surface area contributed by atoms with E-state index in [1.807, 2.05) is 0 Å². The summed E-state index contributed by atoms with van der Waals surface area (Å²) in [4.78, 5) is 12.6. The first kappa shape index (κ1) is 18.6. The lowest BCUT2D eigenvalue weighted by Crippen LogP contribution is -2.30. The largest absolute Gasteiger partial charge is 0.345 e. The van der Waals surface area contributed by atoms with Gasteiger partial charge in [-0.15, -0.1) is 0 Å². The predicted molar refractivity (Wildman–Crippen MR) is 93.6 cm³/mol. The van der Waals surface area contributed by atoms with Crippen molar-refractivity contribution in [2.24, 2.45) is 7.05 Å². The van der Waals surface area contributed by atoms with Gasteiger partial charge in [-0.3, -0.25) is 4.79 Å². The number of hydrogen-bond donors (Lipinski definition) is 2. The molecule has 1 amide bonds. The second-order valence-corrected chi connectivity index (χ2v) is 7.87. The van der Waals surface area contributed by atoms with Crippen LogP contribution in [0.1, 0.15) is 23.0 Å². The zero-order valence-electron chi connectivity index (χ0n) is 13.7. The number of hydrogen-bond acceptors (Lipinski definition) is 3. The SMILES string of the molecule is CC1C=Cc2c(cn(C)c2C(=O)Nc2ccc(F)c(Cl)c2F)S(=O)(=O)N1. The average Bonchev–Trinajstić information content (AvgIpc) is 2.85. The Hall–Kier alpha value is -2.23. The van der Waals surface area contributed by atoms with Gasteiger partial charge in [0.25, 0.3) is 5.91 Å². The summed E-state index contributed by atoms with van der Waals surface area (Å²) < 4.78 is 55.8. The maximum absolute atomic E-state index is 14.0. The molecule has 1 aromatic carbocycles. The van der Waals surface area contributed by atoms with Crippen LogP contribution in [-0.4, -0.2) is 24.9 Å². The molecule has 26 heavy (non-hydrogen) atoms. The number of carbonyl (C=O) groups excluding carboxylic acids is 1. The van der Waals surface area contributed by atoms with Gasteiger partial charge >= 0.3 is 0 Å². The zero-order valence-corrected chi connectivity index (χ0v) is 15.3.